The number of rotatable bonds is 4. The zero-order valence-corrected chi connectivity index (χ0v) is 41.4. The van der Waals surface area contributed by atoms with Gasteiger partial charge in [0.25, 0.3) is 0 Å². The van der Waals surface area contributed by atoms with Gasteiger partial charge in [-0.25, -0.2) is 0 Å². The molecule has 12 rings (SSSR count). The summed E-state index contributed by atoms with van der Waals surface area (Å²) in [5, 5.41) is 0. The molecule has 0 bridgehead atoms. The van der Waals surface area contributed by atoms with Gasteiger partial charge in [0.1, 0.15) is 0 Å². The van der Waals surface area contributed by atoms with Crippen LogP contribution in [0.4, 0.5) is 17.1 Å². The molecule has 0 fully saturated rings. The number of hydrogen-bond acceptors (Lipinski definition) is 1. The predicted molar refractivity (Wildman–Crippen MR) is 296 cm³/mol. The molecule has 2 atom stereocenters. The van der Waals surface area contributed by atoms with Gasteiger partial charge in [0, 0.05) is 22.6 Å². The minimum Gasteiger partial charge on any atom is -0.310 e. The second-order valence-electron chi connectivity index (χ2n) is 18.5. The Morgan fingerprint density at radius 2 is 1.09 bits per heavy atom. The predicted octanol–water partition coefficient (Wildman–Crippen LogP) is 18.3. The van der Waals surface area contributed by atoms with Crippen molar-refractivity contribution in [2.45, 2.75) is 79.1 Å². The first-order valence-corrected chi connectivity index (χ1v) is 24.8. The van der Waals surface area contributed by atoms with Crippen LogP contribution in [0.1, 0.15) is 107 Å². The SMILES string of the molecule is C#CC1=C(c2ccccc2C)C2(c3ccc(N(c4ccccc4)c4ccccc4)cc31)c1ccccc1-c1ccc(C)cc12.CC.Cc1cccc2c1C(C)CC1=C2C=CCC1.Cc1ccccc1. The van der Waals surface area contributed by atoms with Crippen LogP contribution in [0.5, 0.6) is 0 Å². The summed E-state index contributed by atoms with van der Waals surface area (Å²) in [6.07, 6.45) is 15.0. The molecule has 1 spiro atoms. The third-order valence-corrected chi connectivity index (χ3v) is 14.2. The molecular weight excluding hydrogens is 831 g/mol. The number of anilines is 3. The Kier molecular flexibility index (Phi) is 13.7. The van der Waals surface area contributed by atoms with Crippen LogP contribution >= 0.6 is 0 Å². The van der Waals surface area contributed by atoms with Crippen molar-refractivity contribution in [3.63, 3.8) is 0 Å². The number of para-hydroxylation sites is 2. The van der Waals surface area contributed by atoms with E-state index in [1.165, 1.54) is 91.6 Å². The van der Waals surface area contributed by atoms with E-state index in [0.29, 0.717) is 5.92 Å². The van der Waals surface area contributed by atoms with Gasteiger partial charge in [-0.15, -0.1) is 6.42 Å². The number of hydrogen-bond donors (Lipinski definition) is 0. The van der Waals surface area contributed by atoms with E-state index in [1.807, 2.05) is 32.0 Å². The van der Waals surface area contributed by atoms with Crippen LogP contribution in [0, 0.1) is 40.0 Å². The minimum absolute atomic E-state index is 0.524. The number of terminal acetylenes is 1. The Morgan fingerprint density at radius 1 is 0.507 bits per heavy atom. The largest absolute Gasteiger partial charge is 0.310 e. The molecule has 0 amide bonds. The average molecular weight is 894 g/mol. The molecule has 0 aromatic heterocycles. The number of nitrogens with zero attached hydrogens (tertiary/aromatic N) is 1. The van der Waals surface area contributed by atoms with Gasteiger partial charge in [-0.1, -0.05) is 213 Å². The van der Waals surface area contributed by atoms with Crippen molar-refractivity contribution < 1.29 is 0 Å². The van der Waals surface area contributed by atoms with Crippen LogP contribution in [-0.4, -0.2) is 0 Å². The summed E-state index contributed by atoms with van der Waals surface area (Å²) in [7, 11) is 0. The fourth-order valence-corrected chi connectivity index (χ4v) is 11.3. The molecule has 0 radical (unpaired) electrons. The van der Waals surface area contributed by atoms with Crippen molar-refractivity contribution in [1.29, 1.82) is 0 Å². The van der Waals surface area contributed by atoms with Crippen LogP contribution in [0.25, 0.3) is 27.8 Å². The molecule has 0 heterocycles. The van der Waals surface area contributed by atoms with Gasteiger partial charge in [-0.2, -0.15) is 0 Å². The summed E-state index contributed by atoms with van der Waals surface area (Å²) in [5.74, 6) is 3.93. The summed E-state index contributed by atoms with van der Waals surface area (Å²) in [6.45, 7) is 15.1. The molecule has 8 aromatic carbocycles. The Balaban J connectivity index is 0.000000193. The van der Waals surface area contributed by atoms with E-state index < -0.39 is 5.41 Å². The third-order valence-electron chi connectivity index (χ3n) is 14.2. The highest BCUT2D eigenvalue weighted by Gasteiger charge is 2.53. The Bertz CT molecular complexity index is 3230. The summed E-state index contributed by atoms with van der Waals surface area (Å²) < 4.78 is 0. The van der Waals surface area contributed by atoms with Crippen LogP contribution in [0.2, 0.25) is 0 Å². The first-order valence-electron chi connectivity index (χ1n) is 24.8. The van der Waals surface area contributed by atoms with Crippen LogP contribution in [0.15, 0.2) is 212 Å². The second-order valence-corrected chi connectivity index (χ2v) is 18.5. The monoisotopic (exact) mass is 893 g/mol. The van der Waals surface area contributed by atoms with E-state index in [0.717, 1.165) is 28.2 Å². The lowest BCUT2D eigenvalue weighted by Crippen LogP contribution is -2.27. The fraction of sp³-hybridized carbons (Fsp3) is 0.176. The van der Waals surface area contributed by atoms with E-state index in [1.54, 1.807) is 11.1 Å². The van der Waals surface area contributed by atoms with Crippen LogP contribution < -0.4 is 4.90 Å². The highest BCUT2D eigenvalue weighted by Crippen LogP contribution is 2.65. The molecule has 69 heavy (non-hydrogen) atoms. The first-order chi connectivity index (χ1) is 33.8. The van der Waals surface area contributed by atoms with Crippen LogP contribution in [-0.2, 0) is 5.41 Å². The molecule has 0 N–H and O–H groups in total. The lowest BCUT2D eigenvalue weighted by atomic mass is 9.67. The maximum Gasteiger partial charge on any atom is 0.0738 e. The molecule has 340 valence electrons. The molecular formula is C68H63N. The average Bonchev–Trinajstić information content (AvgIpc) is 3.84. The van der Waals surface area contributed by atoms with Gasteiger partial charge in [0.15, 0.2) is 0 Å². The number of benzene rings is 8. The van der Waals surface area contributed by atoms with Crippen LogP contribution in [0.3, 0.4) is 0 Å². The highest BCUT2D eigenvalue weighted by molar-refractivity contribution is 6.14. The molecule has 4 aliphatic rings. The van der Waals surface area contributed by atoms with Crippen molar-refractivity contribution in [1.82, 2.24) is 0 Å². The molecule has 1 nitrogen and oxygen atoms in total. The van der Waals surface area contributed by atoms with Gasteiger partial charge in [0.05, 0.1) is 5.41 Å². The quantitative estimate of drug-likeness (QED) is 0.159. The summed E-state index contributed by atoms with van der Waals surface area (Å²) in [5.41, 5.74) is 25.1. The first kappa shape index (κ1) is 46.5. The molecule has 0 aliphatic heterocycles. The van der Waals surface area contributed by atoms with Gasteiger partial charge < -0.3 is 4.90 Å². The summed E-state index contributed by atoms with van der Waals surface area (Å²) in [6, 6.07) is 69.5. The molecule has 0 saturated carbocycles. The molecule has 0 saturated heterocycles. The van der Waals surface area contributed by atoms with E-state index in [9.17, 15) is 0 Å². The van der Waals surface area contributed by atoms with Gasteiger partial charge in [-0.3, -0.25) is 0 Å². The lowest BCUT2D eigenvalue weighted by Gasteiger charge is -2.34. The molecule has 8 aromatic rings. The van der Waals surface area contributed by atoms with Crippen molar-refractivity contribution in [2.24, 2.45) is 0 Å². The zero-order chi connectivity index (χ0) is 48.1. The maximum atomic E-state index is 6.57. The summed E-state index contributed by atoms with van der Waals surface area (Å²) >= 11 is 0. The van der Waals surface area contributed by atoms with Gasteiger partial charge >= 0.3 is 0 Å². The van der Waals surface area contributed by atoms with E-state index in [4.69, 9.17) is 6.42 Å². The number of aryl methyl sites for hydroxylation is 4. The standard InChI is InChI=1S/C43H31N.C16H18.C7H8.C2H6/c1-4-34-38-28-33(44(31-16-7-5-8-17-31)32-18-9-6-10-19-32)24-26-40(38)43(42(34)35-20-12-11-15-30(35)3)39-22-14-13-21-36(39)37-25-23-29(2)27-41(37)43;1-11-6-5-9-15-14-8-4-3-7-13(14)10-12(2)16(11)15;1-7-5-3-2-4-6-7;1-2/h1,5-28H,2-3H3;4-6,8-9,12H,3,7,10H2,1-2H3;2-6H,1H3;1-2H3. The van der Waals surface area contributed by atoms with E-state index >= 15 is 0 Å². The Labute approximate surface area is 412 Å². The minimum atomic E-state index is -0.524. The van der Waals surface area contributed by atoms with E-state index in [2.05, 4.69) is 234 Å². The zero-order valence-electron chi connectivity index (χ0n) is 41.4. The molecule has 2 unspecified atom stereocenters. The smallest absolute Gasteiger partial charge is 0.0738 e. The second kappa shape index (κ2) is 20.3. The van der Waals surface area contributed by atoms with Crippen molar-refractivity contribution in [3.05, 3.63) is 273 Å². The molecule has 1 heteroatoms. The van der Waals surface area contributed by atoms with Gasteiger partial charge in [-0.05, 0) is 162 Å². The highest BCUT2D eigenvalue weighted by atomic mass is 15.1. The number of fused-ring (bicyclic) bond motifs is 9. The molecule has 4 aliphatic carbocycles. The Hall–Kier alpha value is -7.66. The number of allylic oxidation sites excluding steroid dienone is 6. The lowest BCUT2D eigenvalue weighted by molar-refractivity contribution is 0.700. The fourth-order valence-electron chi connectivity index (χ4n) is 11.3. The normalized spacial score (nSPS) is 16.5. The topological polar surface area (TPSA) is 3.24 Å². The van der Waals surface area contributed by atoms with Crippen molar-refractivity contribution >= 4 is 33.8 Å². The summed E-state index contributed by atoms with van der Waals surface area (Å²) in [4.78, 5) is 2.31. The van der Waals surface area contributed by atoms with Crippen molar-refractivity contribution in [3.8, 4) is 23.5 Å². The third kappa shape index (κ3) is 8.51. The van der Waals surface area contributed by atoms with E-state index in [-0.39, 0.29) is 0 Å². The maximum absolute atomic E-state index is 6.57. The van der Waals surface area contributed by atoms with Gasteiger partial charge in [0.2, 0.25) is 0 Å². The van der Waals surface area contributed by atoms with Crippen molar-refractivity contribution in [2.75, 3.05) is 4.90 Å². The Morgan fingerprint density at radius 3 is 1.74 bits per heavy atom.